The summed E-state index contributed by atoms with van der Waals surface area (Å²) < 4.78 is 13.9. The molecule has 1 heterocycles. The van der Waals surface area contributed by atoms with E-state index in [1.54, 1.807) is 12.1 Å². The Morgan fingerprint density at radius 2 is 2.10 bits per heavy atom. The number of fused-ring (bicyclic) bond motifs is 1. The van der Waals surface area contributed by atoms with Crippen molar-refractivity contribution in [1.82, 2.24) is 9.97 Å². The van der Waals surface area contributed by atoms with Crippen molar-refractivity contribution in [3.05, 3.63) is 62.0 Å². The number of aryl methyl sites for hydroxylation is 1. The van der Waals surface area contributed by atoms with Crippen LogP contribution >= 0.6 is 11.6 Å². The van der Waals surface area contributed by atoms with Crippen LogP contribution in [0.3, 0.4) is 0 Å². The Morgan fingerprint density at radius 1 is 1.30 bits per heavy atom. The lowest BCUT2D eigenvalue weighted by atomic mass is 9.97. The molecule has 0 fully saturated rings. The van der Waals surface area contributed by atoms with Gasteiger partial charge < -0.3 is 4.98 Å². The number of nitrogens with zero attached hydrogens (tertiary/aromatic N) is 1. The Morgan fingerprint density at radius 3 is 2.95 bits per heavy atom. The highest BCUT2D eigenvalue weighted by Gasteiger charge is 2.16. The van der Waals surface area contributed by atoms with Gasteiger partial charge in [-0.25, -0.2) is 9.37 Å². The van der Waals surface area contributed by atoms with Gasteiger partial charge in [0.15, 0.2) is 0 Å². The van der Waals surface area contributed by atoms with E-state index in [1.807, 2.05) is 0 Å². The van der Waals surface area contributed by atoms with E-state index >= 15 is 0 Å². The quantitative estimate of drug-likeness (QED) is 0.925. The molecule has 1 aliphatic rings. The largest absolute Gasteiger partial charge is 0.310 e. The molecule has 0 aliphatic heterocycles. The van der Waals surface area contributed by atoms with E-state index in [2.05, 4.69) is 9.97 Å². The summed E-state index contributed by atoms with van der Waals surface area (Å²) in [5.74, 6) is 0.0475. The summed E-state index contributed by atoms with van der Waals surface area (Å²) in [6.45, 7) is 0. The van der Waals surface area contributed by atoms with Crippen LogP contribution in [0.15, 0.2) is 23.0 Å². The third-order valence-electron chi connectivity index (χ3n) is 3.63. The van der Waals surface area contributed by atoms with Crippen LogP contribution in [0.4, 0.5) is 4.39 Å². The Labute approximate surface area is 120 Å². The van der Waals surface area contributed by atoms with Crippen molar-refractivity contribution in [2.24, 2.45) is 0 Å². The topological polar surface area (TPSA) is 45.8 Å². The van der Waals surface area contributed by atoms with Crippen molar-refractivity contribution in [2.75, 3.05) is 0 Å². The third-order valence-corrected chi connectivity index (χ3v) is 3.92. The van der Waals surface area contributed by atoms with E-state index in [0.717, 1.165) is 36.9 Å². The molecule has 0 spiro atoms. The van der Waals surface area contributed by atoms with E-state index in [1.165, 1.54) is 6.07 Å². The van der Waals surface area contributed by atoms with Gasteiger partial charge in [0.05, 0.1) is 10.7 Å². The van der Waals surface area contributed by atoms with Crippen molar-refractivity contribution in [3.63, 3.8) is 0 Å². The molecule has 0 radical (unpaired) electrons. The first-order valence-corrected chi connectivity index (χ1v) is 7.07. The van der Waals surface area contributed by atoms with E-state index in [0.29, 0.717) is 11.4 Å². The third kappa shape index (κ3) is 2.48. The lowest BCUT2D eigenvalue weighted by Gasteiger charge is -2.14. The zero-order valence-electron chi connectivity index (χ0n) is 10.9. The first kappa shape index (κ1) is 13.3. The molecule has 3 nitrogen and oxygen atoms in total. The minimum absolute atomic E-state index is 0.0859. The maximum absolute atomic E-state index is 13.9. The van der Waals surface area contributed by atoms with Crippen LogP contribution in [-0.2, 0) is 19.3 Å². The predicted octanol–water partition coefficient (Wildman–Crippen LogP) is 3.03. The Hall–Kier alpha value is -1.68. The molecule has 0 atom stereocenters. The highest BCUT2D eigenvalue weighted by molar-refractivity contribution is 6.30. The molecular formula is C15H14ClFN2O. The fraction of sp³-hybridized carbons (Fsp3) is 0.333. The number of rotatable bonds is 2. The maximum atomic E-state index is 13.9. The molecule has 3 rings (SSSR count). The molecule has 20 heavy (non-hydrogen) atoms. The van der Waals surface area contributed by atoms with Gasteiger partial charge >= 0.3 is 0 Å². The Kier molecular flexibility index (Phi) is 3.57. The van der Waals surface area contributed by atoms with Crippen LogP contribution < -0.4 is 5.56 Å². The van der Waals surface area contributed by atoms with Gasteiger partial charge in [-0.05, 0) is 37.3 Å². The average Bonchev–Trinajstić information content (AvgIpc) is 2.44. The van der Waals surface area contributed by atoms with E-state index in [-0.39, 0.29) is 17.0 Å². The van der Waals surface area contributed by atoms with Gasteiger partial charge in [0.25, 0.3) is 5.56 Å². The molecular weight excluding hydrogens is 279 g/mol. The molecule has 104 valence electrons. The summed E-state index contributed by atoms with van der Waals surface area (Å²) in [6.07, 6.45) is 3.93. The summed E-state index contributed by atoms with van der Waals surface area (Å²) in [6, 6.07) is 4.85. The number of aromatic amines is 1. The van der Waals surface area contributed by atoms with Crippen LogP contribution in [0.1, 0.15) is 35.5 Å². The molecule has 1 N–H and O–H groups in total. The van der Waals surface area contributed by atoms with Crippen LogP contribution in [0.2, 0.25) is 5.02 Å². The van der Waals surface area contributed by atoms with Crippen molar-refractivity contribution >= 4 is 11.6 Å². The van der Waals surface area contributed by atoms with Gasteiger partial charge in [0, 0.05) is 12.0 Å². The molecule has 0 saturated carbocycles. The highest BCUT2D eigenvalue weighted by Crippen LogP contribution is 2.20. The summed E-state index contributed by atoms with van der Waals surface area (Å²) in [5, 5.41) is 0.0859. The maximum Gasteiger partial charge on any atom is 0.254 e. The first-order valence-electron chi connectivity index (χ1n) is 6.69. The van der Waals surface area contributed by atoms with Gasteiger partial charge in [-0.1, -0.05) is 23.7 Å². The van der Waals surface area contributed by atoms with Gasteiger partial charge in [-0.15, -0.1) is 0 Å². The van der Waals surface area contributed by atoms with Crippen LogP contribution in [0.5, 0.6) is 0 Å². The number of aromatic nitrogens is 2. The Balaban J connectivity index is 1.97. The van der Waals surface area contributed by atoms with Crippen molar-refractivity contribution in [1.29, 1.82) is 0 Å². The van der Waals surface area contributed by atoms with E-state index < -0.39 is 5.82 Å². The number of H-pyrrole nitrogens is 1. The number of benzene rings is 1. The molecule has 1 aromatic carbocycles. The fourth-order valence-corrected chi connectivity index (χ4v) is 2.80. The molecule has 1 aliphatic carbocycles. The molecule has 0 unspecified atom stereocenters. The predicted molar refractivity (Wildman–Crippen MR) is 75.7 cm³/mol. The smallest absolute Gasteiger partial charge is 0.254 e. The number of halogens is 2. The Bertz CT molecular complexity index is 712. The van der Waals surface area contributed by atoms with Crippen LogP contribution in [0, 0.1) is 5.82 Å². The molecule has 5 heteroatoms. The summed E-state index contributed by atoms with van der Waals surface area (Å²) >= 11 is 5.76. The highest BCUT2D eigenvalue weighted by atomic mass is 35.5. The van der Waals surface area contributed by atoms with E-state index in [9.17, 15) is 9.18 Å². The second-order valence-corrected chi connectivity index (χ2v) is 5.44. The molecule has 0 bridgehead atoms. The molecule has 1 aromatic heterocycles. The monoisotopic (exact) mass is 292 g/mol. The zero-order valence-corrected chi connectivity index (χ0v) is 11.6. The minimum atomic E-state index is -0.450. The summed E-state index contributed by atoms with van der Waals surface area (Å²) in [4.78, 5) is 19.2. The summed E-state index contributed by atoms with van der Waals surface area (Å²) in [5.41, 5.74) is 1.99. The molecule has 2 aromatic rings. The number of hydrogen-bond donors (Lipinski definition) is 1. The van der Waals surface area contributed by atoms with Crippen molar-refractivity contribution in [2.45, 2.75) is 32.1 Å². The second kappa shape index (κ2) is 5.37. The minimum Gasteiger partial charge on any atom is -0.310 e. The van der Waals surface area contributed by atoms with Gasteiger partial charge in [-0.2, -0.15) is 0 Å². The SMILES string of the molecule is O=c1[nH]c(Cc2cccc(Cl)c2F)nc2c1CCCC2. The molecule has 0 amide bonds. The van der Waals surface area contributed by atoms with E-state index in [4.69, 9.17) is 11.6 Å². The van der Waals surface area contributed by atoms with Gasteiger partial charge in [0.1, 0.15) is 11.6 Å². The fourth-order valence-electron chi connectivity index (χ4n) is 2.60. The van der Waals surface area contributed by atoms with Crippen molar-refractivity contribution in [3.8, 4) is 0 Å². The van der Waals surface area contributed by atoms with Gasteiger partial charge in [0.2, 0.25) is 0 Å². The lowest BCUT2D eigenvalue weighted by molar-refractivity contribution is 0.609. The van der Waals surface area contributed by atoms with Crippen molar-refractivity contribution < 1.29 is 4.39 Å². The standard InChI is InChI=1S/C15H14ClFN2O/c16-11-6-3-4-9(14(11)17)8-13-18-12-7-2-1-5-10(12)15(20)19-13/h3-4,6H,1-2,5,7-8H2,(H,18,19,20). The lowest BCUT2D eigenvalue weighted by Crippen LogP contribution is -2.23. The van der Waals surface area contributed by atoms with Crippen LogP contribution in [-0.4, -0.2) is 9.97 Å². The number of hydrogen-bond acceptors (Lipinski definition) is 2. The first-order chi connectivity index (χ1) is 9.65. The van der Waals surface area contributed by atoms with Gasteiger partial charge in [-0.3, -0.25) is 4.79 Å². The second-order valence-electron chi connectivity index (χ2n) is 5.03. The van der Waals surface area contributed by atoms with Crippen LogP contribution in [0.25, 0.3) is 0 Å². The molecule has 0 saturated heterocycles. The number of nitrogens with one attached hydrogen (secondary N) is 1. The zero-order chi connectivity index (χ0) is 14.1. The average molecular weight is 293 g/mol. The normalized spacial score (nSPS) is 14.1. The summed E-state index contributed by atoms with van der Waals surface area (Å²) in [7, 11) is 0.